The van der Waals surface area contributed by atoms with Crippen molar-refractivity contribution in [3.8, 4) is 0 Å². The van der Waals surface area contributed by atoms with Crippen LogP contribution in [0.4, 0.5) is 5.69 Å². The third kappa shape index (κ3) is 3.11. The molecule has 0 saturated heterocycles. The normalized spacial score (nSPS) is 15.8. The van der Waals surface area contributed by atoms with Gasteiger partial charge >= 0.3 is 0 Å². The van der Waals surface area contributed by atoms with Gasteiger partial charge in [0.2, 0.25) is 5.91 Å². The van der Waals surface area contributed by atoms with Gasteiger partial charge < -0.3 is 15.8 Å². The van der Waals surface area contributed by atoms with Crippen LogP contribution in [0.2, 0.25) is 0 Å². The number of amides is 1. The minimum Gasteiger partial charge on any atom is -0.324 e. The zero-order valence-electron chi connectivity index (χ0n) is 10.2. The summed E-state index contributed by atoms with van der Waals surface area (Å²) in [4.78, 5) is 23.3. The molecule has 1 aromatic carbocycles. The summed E-state index contributed by atoms with van der Waals surface area (Å²) in [7, 11) is 0. The number of thioether (sulfide) groups is 1. The van der Waals surface area contributed by atoms with Crippen LogP contribution in [0.3, 0.4) is 0 Å². The lowest BCUT2D eigenvalue weighted by molar-refractivity contribution is -0.117. The number of hydrogen-bond donors (Lipinski definition) is 2. The van der Waals surface area contributed by atoms with Crippen molar-refractivity contribution in [3.05, 3.63) is 23.8 Å². The number of Topliss-reactive ketones (excluding diaryl/α,β-unsaturated/α-hetero) is 1. The van der Waals surface area contributed by atoms with E-state index in [1.165, 1.54) is 11.8 Å². The fraction of sp³-hybridized carbons (Fsp3) is 0.385. The number of benzene rings is 1. The fourth-order valence-electron chi connectivity index (χ4n) is 1.86. The number of fused-ring (bicyclic) bond motifs is 1. The van der Waals surface area contributed by atoms with E-state index >= 15 is 0 Å². The van der Waals surface area contributed by atoms with Gasteiger partial charge in [0.25, 0.3) is 0 Å². The molecule has 4 nitrogen and oxygen atoms in total. The Morgan fingerprint density at radius 2 is 2.33 bits per heavy atom. The Kier molecular flexibility index (Phi) is 4.04. The quantitative estimate of drug-likeness (QED) is 0.873. The molecule has 0 radical (unpaired) electrons. The first-order valence-corrected chi connectivity index (χ1v) is 6.86. The van der Waals surface area contributed by atoms with E-state index in [9.17, 15) is 9.59 Å². The van der Waals surface area contributed by atoms with Crippen molar-refractivity contribution in [2.75, 3.05) is 11.1 Å². The number of nitrogens with one attached hydrogen (secondary N) is 1. The predicted octanol–water partition coefficient (Wildman–Crippen LogP) is 2.10. The number of anilines is 1. The van der Waals surface area contributed by atoms with Crippen LogP contribution >= 0.6 is 11.8 Å². The fourth-order valence-corrected chi connectivity index (χ4v) is 2.65. The van der Waals surface area contributed by atoms with E-state index < -0.39 is 0 Å². The lowest BCUT2D eigenvalue weighted by Gasteiger charge is -2.19. The highest BCUT2D eigenvalue weighted by Crippen LogP contribution is 2.33. The van der Waals surface area contributed by atoms with Crippen molar-refractivity contribution in [2.24, 2.45) is 5.73 Å². The maximum atomic E-state index is 11.3. The predicted molar refractivity (Wildman–Crippen MR) is 72.6 cm³/mol. The molecule has 96 valence electrons. The molecule has 2 rings (SSSR count). The average Bonchev–Trinajstić information content (AvgIpc) is 2.34. The van der Waals surface area contributed by atoms with Gasteiger partial charge in [-0.1, -0.05) is 6.07 Å². The van der Waals surface area contributed by atoms with Gasteiger partial charge in [-0.2, -0.15) is 0 Å². The van der Waals surface area contributed by atoms with Crippen molar-refractivity contribution >= 4 is 29.1 Å². The molecule has 1 aliphatic rings. The second kappa shape index (κ2) is 5.54. The standard InChI is InChI=1S/C13H16N2O2S/c1-8(16)2-4-10(14)9-3-5-12-11(6-9)15-13(17)7-18-12/h3,5-6,10H,2,4,7,14H2,1H3,(H,15,17). The second-order valence-electron chi connectivity index (χ2n) is 4.44. The lowest BCUT2D eigenvalue weighted by atomic mass is 10.0. The summed E-state index contributed by atoms with van der Waals surface area (Å²) < 4.78 is 0. The lowest BCUT2D eigenvalue weighted by Crippen LogP contribution is -2.19. The molecule has 1 aromatic rings. The van der Waals surface area contributed by atoms with Gasteiger partial charge in [-0.15, -0.1) is 11.8 Å². The molecule has 1 heterocycles. The SMILES string of the molecule is CC(=O)CCC(N)c1ccc2c(c1)NC(=O)CS2. The Hall–Kier alpha value is -1.33. The minimum atomic E-state index is -0.164. The van der Waals surface area contributed by atoms with Crippen LogP contribution in [0.25, 0.3) is 0 Å². The molecule has 3 N–H and O–H groups in total. The molecular weight excluding hydrogens is 248 g/mol. The molecule has 0 aliphatic carbocycles. The van der Waals surface area contributed by atoms with E-state index in [4.69, 9.17) is 5.73 Å². The summed E-state index contributed by atoms with van der Waals surface area (Å²) in [5, 5.41) is 2.84. The van der Waals surface area contributed by atoms with E-state index in [1.807, 2.05) is 18.2 Å². The Bertz CT molecular complexity index is 488. The third-order valence-electron chi connectivity index (χ3n) is 2.87. The largest absolute Gasteiger partial charge is 0.324 e. The Labute approximate surface area is 110 Å². The number of hydrogen-bond acceptors (Lipinski definition) is 4. The number of rotatable bonds is 4. The number of nitrogens with two attached hydrogens (primary N) is 1. The molecule has 18 heavy (non-hydrogen) atoms. The highest BCUT2D eigenvalue weighted by molar-refractivity contribution is 8.00. The van der Waals surface area contributed by atoms with Crippen LogP contribution in [-0.2, 0) is 9.59 Å². The molecule has 0 fully saturated rings. The van der Waals surface area contributed by atoms with E-state index in [1.54, 1.807) is 6.92 Å². The summed E-state index contributed by atoms with van der Waals surface area (Å²) in [6, 6.07) is 5.68. The number of ketones is 1. The van der Waals surface area contributed by atoms with Gasteiger partial charge in [-0.05, 0) is 31.0 Å². The van der Waals surface area contributed by atoms with Gasteiger partial charge in [0.1, 0.15) is 5.78 Å². The maximum absolute atomic E-state index is 11.3. The third-order valence-corrected chi connectivity index (χ3v) is 3.95. The van der Waals surface area contributed by atoms with Crippen molar-refractivity contribution in [1.29, 1.82) is 0 Å². The summed E-state index contributed by atoms with van der Waals surface area (Å²) in [6.45, 7) is 1.57. The highest BCUT2D eigenvalue weighted by atomic mass is 32.2. The van der Waals surface area contributed by atoms with E-state index in [2.05, 4.69) is 5.32 Å². The van der Waals surface area contributed by atoms with E-state index in [-0.39, 0.29) is 17.7 Å². The monoisotopic (exact) mass is 264 g/mol. The van der Waals surface area contributed by atoms with Crippen molar-refractivity contribution < 1.29 is 9.59 Å². The first-order valence-electron chi connectivity index (χ1n) is 5.88. The van der Waals surface area contributed by atoms with Gasteiger partial charge in [0.15, 0.2) is 0 Å². The molecule has 0 bridgehead atoms. The van der Waals surface area contributed by atoms with Crippen LogP contribution in [0.1, 0.15) is 31.4 Å². The van der Waals surface area contributed by atoms with Crippen LogP contribution in [0.5, 0.6) is 0 Å². The van der Waals surface area contributed by atoms with Gasteiger partial charge in [-0.25, -0.2) is 0 Å². The van der Waals surface area contributed by atoms with E-state index in [0.29, 0.717) is 18.6 Å². The van der Waals surface area contributed by atoms with Crippen LogP contribution in [-0.4, -0.2) is 17.4 Å². The van der Waals surface area contributed by atoms with Crippen LogP contribution in [0, 0.1) is 0 Å². The molecule has 1 unspecified atom stereocenters. The average molecular weight is 264 g/mol. The smallest absolute Gasteiger partial charge is 0.234 e. The van der Waals surface area contributed by atoms with Gasteiger partial charge in [0.05, 0.1) is 11.4 Å². The Morgan fingerprint density at radius 3 is 3.06 bits per heavy atom. The van der Waals surface area contributed by atoms with Crippen LogP contribution < -0.4 is 11.1 Å². The molecule has 0 aromatic heterocycles. The minimum absolute atomic E-state index is 0.0157. The zero-order chi connectivity index (χ0) is 13.1. The first kappa shape index (κ1) is 13.1. The van der Waals surface area contributed by atoms with Crippen molar-refractivity contribution in [1.82, 2.24) is 0 Å². The molecule has 0 spiro atoms. The molecule has 0 saturated carbocycles. The number of carbonyl (C=O) groups excluding carboxylic acids is 2. The summed E-state index contributed by atoms with van der Waals surface area (Å²) in [6.07, 6.45) is 1.12. The van der Waals surface area contributed by atoms with Crippen molar-refractivity contribution in [3.63, 3.8) is 0 Å². The summed E-state index contributed by atoms with van der Waals surface area (Å²) in [5.74, 6) is 0.622. The second-order valence-corrected chi connectivity index (χ2v) is 5.46. The zero-order valence-corrected chi connectivity index (χ0v) is 11.0. The van der Waals surface area contributed by atoms with Crippen LogP contribution in [0.15, 0.2) is 23.1 Å². The number of carbonyl (C=O) groups is 2. The molecule has 5 heteroatoms. The van der Waals surface area contributed by atoms with E-state index in [0.717, 1.165) is 16.1 Å². The maximum Gasteiger partial charge on any atom is 0.234 e. The highest BCUT2D eigenvalue weighted by Gasteiger charge is 2.17. The topological polar surface area (TPSA) is 72.2 Å². The molecular formula is C13H16N2O2S. The Morgan fingerprint density at radius 1 is 1.56 bits per heavy atom. The molecule has 1 aliphatic heterocycles. The first-order chi connectivity index (χ1) is 8.56. The molecule has 1 amide bonds. The summed E-state index contributed by atoms with van der Waals surface area (Å²) in [5.41, 5.74) is 7.82. The van der Waals surface area contributed by atoms with Crippen molar-refractivity contribution in [2.45, 2.75) is 30.7 Å². The Balaban J connectivity index is 2.12. The molecule has 1 atom stereocenters. The summed E-state index contributed by atoms with van der Waals surface area (Å²) >= 11 is 1.53. The van der Waals surface area contributed by atoms with Gasteiger partial charge in [-0.3, -0.25) is 4.79 Å². The van der Waals surface area contributed by atoms with Gasteiger partial charge in [0, 0.05) is 17.4 Å².